The maximum atomic E-state index is 12.8. The molecule has 1 aliphatic heterocycles. The van der Waals surface area contributed by atoms with Crippen LogP contribution in [0, 0.1) is 5.92 Å². The molecule has 1 aliphatic carbocycles. The molecular weight excluding hydrogens is 288 g/mol. The van der Waals surface area contributed by atoms with Crippen molar-refractivity contribution in [2.45, 2.75) is 51.0 Å². The van der Waals surface area contributed by atoms with Crippen LogP contribution in [0.25, 0.3) is 0 Å². The Kier molecular flexibility index (Phi) is 5.49. The largest absolute Gasteiger partial charge is 0.356 e. The molecule has 0 bridgehead atoms. The number of pyridine rings is 1. The SMILES string of the molecule is NCC(NC(=O)c1cccnc1N1CCCC1)C1CCCCC1. The number of aromatic nitrogens is 1. The molecule has 1 aromatic heterocycles. The first-order valence-electron chi connectivity index (χ1n) is 9.00. The van der Waals surface area contributed by atoms with Crippen molar-refractivity contribution in [3.8, 4) is 0 Å². The number of hydrogen-bond acceptors (Lipinski definition) is 4. The zero-order chi connectivity index (χ0) is 16.1. The fraction of sp³-hybridized carbons (Fsp3) is 0.667. The summed E-state index contributed by atoms with van der Waals surface area (Å²) in [4.78, 5) is 19.5. The average molecular weight is 316 g/mol. The fourth-order valence-electron chi connectivity index (χ4n) is 3.91. The topological polar surface area (TPSA) is 71.2 Å². The third kappa shape index (κ3) is 3.83. The summed E-state index contributed by atoms with van der Waals surface area (Å²) >= 11 is 0. The van der Waals surface area contributed by atoms with Gasteiger partial charge in [-0.05, 0) is 43.7 Å². The summed E-state index contributed by atoms with van der Waals surface area (Å²) in [5, 5.41) is 3.19. The van der Waals surface area contributed by atoms with Gasteiger partial charge in [0, 0.05) is 31.9 Å². The van der Waals surface area contributed by atoms with Crippen LogP contribution in [0.3, 0.4) is 0 Å². The fourth-order valence-corrected chi connectivity index (χ4v) is 3.91. The quantitative estimate of drug-likeness (QED) is 0.874. The van der Waals surface area contributed by atoms with E-state index in [-0.39, 0.29) is 11.9 Å². The van der Waals surface area contributed by atoms with Gasteiger partial charge in [0.25, 0.3) is 5.91 Å². The lowest BCUT2D eigenvalue weighted by atomic mass is 9.84. The van der Waals surface area contributed by atoms with Gasteiger partial charge in [-0.3, -0.25) is 4.79 Å². The predicted octanol–water partition coefficient (Wildman–Crippen LogP) is 2.32. The summed E-state index contributed by atoms with van der Waals surface area (Å²) in [6.07, 6.45) is 10.3. The first kappa shape index (κ1) is 16.2. The van der Waals surface area contributed by atoms with Gasteiger partial charge in [-0.15, -0.1) is 0 Å². The van der Waals surface area contributed by atoms with E-state index < -0.39 is 0 Å². The van der Waals surface area contributed by atoms with Crippen molar-refractivity contribution in [3.05, 3.63) is 23.9 Å². The molecule has 1 saturated carbocycles. The van der Waals surface area contributed by atoms with Crippen LogP contribution < -0.4 is 16.0 Å². The number of anilines is 1. The average Bonchev–Trinajstić information content (AvgIpc) is 3.14. The minimum absolute atomic E-state index is 0.0268. The van der Waals surface area contributed by atoms with E-state index in [1.54, 1.807) is 6.20 Å². The molecule has 23 heavy (non-hydrogen) atoms. The third-order valence-electron chi connectivity index (χ3n) is 5.23. The summed E-state index contributed by atoms with van der Waals surface area (Å²) in [7, 11) is 0. The predicted molar refractivity (Wildman–Crippen MR) is 92.6 cm³/mol. The minimum atomic E-state index is -0.0268. The highest BCUT2D eigenvalue weighted by Crippen LogP contribution is 2.27. The van der Waals surface area contributed by atoms with Gasteiger partial charge in [0.1, 0.15) is 5.82 Å². The molecule has 2 fully saturated rings. The molecule has 3 rings (SSSR count). The van der Waals surface area contributed by atoms with Crippen molar-refractivity contribution < 1.29 is 4.79 Å². The van der Waals surface area contributed by atoms with Gasteiger partial charge in [-0.1, -0.05) is 19.3 Å². The van der Waals surface area contributed by atoms with E-state index >= 15 is 0 Å². The molecule has 2 aliphatic rings. The van der Waals surface area contributed by atoms with E-state index in [4.69, 9.17) is 5.73 Å². The van der Waals surface area contributed by atoms with Crippen LogP contribution >= 0.6 is 0 Å². The number of nitrogens with zero attached hydrogens (tertiary/aromatic N) is 2. The number of amides is 1. The van der Waals surface area contributed by atoms with Crippen molar-refractivity contribution >= 4 is 11.7 Å². The Labute approximate surface area is 138 Å². The molecule has 1 aromatic rings. The Morgan fingerprint density at radius 1 is 1.26 bits per heavy atom. The summed E-state index contributed by atoms with van der Waals surface area (Å²) in [6, 6.07) is 3.80. The molecule has 3 N–H and O–H groups in total. The third-order valence-corrected chi connectivity index (χ3v) is 5.23. The molecule has 0 radical (unpaired) electrons. The molecule has 0 aromatic carbocycles. The van der Waals surface area contributed by atoms with E-state index in [1.807, 2.05) is 12.1 Å². The van der Waals surface area contributed by atoms with Gasteiger partial charge in [0.2, 0.25) is 0 Å². The van der Waals surface area contributed by atoms with E-state index in [9.17, 15) is 4.79 Å². The number of carbonyl (C=O) groups is 1. The first-order valence-corrected chi connectivity index (χ1v) is 9.00. The van der Waals surface area contributed by atoms with Gasteiger partial charge < -0.3 is 16.0 Å². The van der Waals surface area contributed by atoms with E-state index in [2.05, 4.69) is 15.2 Å². The molecule has 1 atom stereocenters. The summed E-state index contributed by atoms with van der Waals surface area (Å²) < 4.78 is 0. The lowest BCUT2D eigenvalue weighted by Gasteiger charge is -2.30. The Morgan fingerprint density at radius 2 is 2.00 bits per heavy atom. The number of nitrogens with two attached hydrogens (primary N) is 1. The maximum absolute atomic E-state index is 12.8. The van der Waals surface area contributed by atoms with Crippen molar-refractivity contribution in [1.29, 1.82) is 0 Å². The van der Waals surface area contributed by atoms with Crippen molar-refractivity contribution in [1.82, 2.24) is 10.3 Å². The Bertz CT molecular complexity index is 522. The van der Waals surface area contributed by atoms with Crippen LogP contribution in [0.1, 0.15) is 55.3 Å². The molecular formula is C18H28N4O. The zero-order valence-corrected chi connectivity index (χ0v) is 13.8. The molecule has 5 heteroatoms. The number of nitrogens with one attached hydrogen (secondary N) is 1. The number of carbonyl (C=O) groups excluding carboxylic acids is 1. The van der Waals surface area contributed by atoms with Gasteiger partial charge in [0.15, 0.2) is 0 Å². The molecule has 1 saturated heterocycles. The van der Waals surface area contributed by atoms with E-state index in [1.165, 1.54) is 44.9 Å². The van der Waals surface area contributed by atoms with Crippen LogP contribution in [0.5, 0.6) is 0 Å². The first-order chi connectivity index (χ1) is 11.3. The highest BCUT2D eigenvalue weighted by atomic mass is 16.1. The Hall–Kier alpha value is -1.62. The number of rotatable bonds is 5. The standard InChI is InChI=1S/C18H28N4O/c19-13-16(14-7-2-1-3-8-14)21-18(23)15-9-6-10-20-17(15)22-11-4-5-12-22/h6,9-10,14,16H,1-5,7-8,11-13,19H2,(H,21,23). The van der Waals surface area contributed by atoms with Crippen LogP contribution in [-0.2, 0) is 0 Å². The van der Waals surface area contributed by atoms with Crippen molar-refractivity contribution in [3.63, 3.8) is 0 Å². The summed E-state index contributed by atoms with van der Waals surface area (Å²) in [5.74, 6) is 1.31. The Morgan fingerprint density at radius 3 is 2.70 bits per heavy atom. The molecule has 5 nitrogen and oxygen atoms in total. The van der Waals surface area contributed by atoms with Crippen LogP contribution in [0.15, 0.2) is 18.3 Å². The van der Waals surface area contributed by atoms with Gasteiger partial charge >= 0.3 is 0 Å². The van der Waals surface area contributed by atoms with Crippen LogP contribution in [0.2, 0.25) is 0 Å². The van der Waals surface area contributed by atoms with Gasteiger partial charge in [-0.2, -0.15) is 0 Å². The highest BCUT2D eigenvalue weighted by Gasteiger charge is 2.26. The second kappa shape index (κ2) is 7.77. The smallest absolute Gasteiger partial charge is 0.255 e. The van der Waals surface area contributed by atoms with E-state index in [0.717, 1.165) is 18.9 Å². The molecule has 2 heterocycles. The van der Waals surface area contributed by atoms with E-state index in [0.29, 0.717) is 18.0 Å². The van der Waals surface area contributed by atoms with Crippen molar-refractivity contribution in [2.75, 3.05) is 24.5 Å². The van der Waals surface area contributed by atoms with Gasteiger partial charge in [0.05, 0.1) is 5.56 Å². The monoisotopic (exact) mass is 316 g/mol. The highest BCUT2D eigenvalue weighted by molar-refractivity contribution is 5.99. The second-order valence-corrected chi connectivity index (χ2v) is 6.78. The van der Waals surface area contributed by atoms with Crippen molar-refractivity contribution in [2.24, 2.45) is 11.7 Å². The summed E-state index contributed by atoms with van der Waals surface area (Å²) in [6.45, 7) is 2.48. The second-order valence-electron chi connectivity index (χ2n) is 6.78. The lowest BCUT2D eigenvalue weighted by molar-refractivity contribution is 0.0915. The maximum Gasteiger partial charge on any atom is 0.255 e. The van der Waals surface area contributed by atoms with Gasteiger partial charge in [-0.25, -0.2) is 4.98 Å². The molecule has 0 spiro atoms. The molecule has 1 unspecified atom stereocenters. The molecule has 1 amide bonds. The van der Waals surface area contributed by atoms with Crippen LogP contribution in [-0.4, -0.2) is 36.6 Å². The number of hydrogen-bond donors (Lipinski definition) is 2. The summed E-state index contributed by atoms with van der Waals surface area (Å²) in [5.41, 5.74) is 6.63. The lowest BCUT2D eigenvalue weighted by Crippen LogP contribution is -2.46. The zero-order valence-electron chi connectivity index (χ0n) is 13.8. The Balaban J connectivity index is 1.71. The van der Waals surface area contributed by atoms with Crippen LogP contribution in [0.4, 0.5) is 5.82 Å². The normalized spacial score (nSPS) is 20.5. The molecule has 126 valence electrons. The minimum Gasteiger partial charge on any atom is -0.356 e.